The van der Waals surface area contributed by atoms with Crippen LogP contribution in [0.5, 0.6) is 0 Å². The number of aryl methyl sites for hydroxylation is 1. The predicted octanol–water partition coefficient (Wildman–Crippen LogP) is 3.02. The summed E-state index contributed by atoms with van der Waals surface area (Å²) in [7, 11) is 0. The molecule has 5 heteroatoms. The minimum Gasteiger partial charge on any atom is -0.478 e. The number of hydrogen-bond acceptors (Lipinski definition) is 3. The van der Waals surface area contributed by atoms with Crippen LogP contribution in [0.1, 0.15) is 59.4 Å². The van der Waals surface area contributed by atoms with Crippen LogP contribution in [0.2, 0.25) is 0 Å². The molecule has 1 aromatic rings. The van der Waals surface area contributed by atoms with Crippen molar-refractivity contribution in [3.05, 3.63) is 34.9 Å². The summed E-state index contributed by atoms with van der Waals surface area (Å²) in [6.07, 6.45) is 2.76. The number of carboxylic acids is 1. The number of amides is 1. The molecule has 0 radical (unpaired) electrons. The van der Waals surface area contributed by atoms with Crippen molar-refractivity contribution in [2.75, 3.05) is 6.61 Å². The number of rotatable bonds is 5. The quantitative estimate of drug-likeness (QED) is 0.875. The Labute approximate surface area is 137 Å². The van der Waals surface area contributed by atoms with Gasteiger partial charge in [-0.3, -0.25) is 4.79 Å². The topological polar surface area (TPSA) is 75.6 Å². The second-order valence-electron chi connectivity index (χ2n) is 6.71. The fraction of sp³-hybridized carbons (Fsp3) is 0.556. The van der Waals surface area contributed by atoms with Crippen molar-refractivity contribution in [1.29, 1.82) is 0 Å². The molecule has 0 saturated carbocycles. The van der Waals surface area contributed by atoms with Crippen LogP contribution in [0.15, 0.2) is 18.2 Å². The van der Waals surface area contributed by atoms with Crippen molar-refractivity contribution in [3.63, 3.8) is 0 Å². The van der Waals surface area contributed by atoms with Gasteiger partial charge in [0.25, 0.3) is 5.91 Å². The fourth-order valence-electron chi connectivity index (χ4n) is 3.01. The average Bonchev–Trinajstić information content (AvgIpc) is 2.46. The van der Waals surface area contributed by atoms with Crippen LogP contribution in [0.25, 0.3) is 0 Å². The number of carbonyl (C=O) groups excluding carboxylic acids is 1. The standard InChI is InChI=1S/C18H25NO4/c1-11(2)6-16-10-15(4-5-23-16)19-17(20)13-7-12(3)8-14(9-13)18(21)22/h7-9,11,15-16H,4-6,10H2,1-3H3,(H,19,20)(H,21,22). The van der Waals surface area contributed by atoms with E-state index < -0.39 is 5.97 Å². The molecule has 1 aliphatic rings. The third kappa shape index (κ3) is 5.06. The summed E-state index contributed by atoms with van der Waals surface area (Å²) in [5.74, 6) is -0.679. The molecule has 2 atom stereocenters. The van der Waals surface area contributed by atoms with Crippen molar-refractivity contribution in [3.8, 4) is 0 Å². The lowest BCUT2D eigenvalue weighted by Crippen LogP contribution is -2.42. The monoisotopic (exact) mass is 319 g/mol. The van der Waals surface area contributed by atoms with Crippen molar-refractivity contribution in [2.24, 2.45) is 5.92 Å². The van der Waals surface area contributed by atoms with Crippen LogP contribution in [0.4, 0.5) is 0 Å². The van der Waals surface area contributed by atoms with Gasteiger partial charge in [-0.1, -0.05) is 13.8 Å². The number of hydrogen-bond donors (Lipinski definition) is 2. The third-order valence-electron chi connectivity index (χ3n) is 4.02. The number of ether oxygens (including phenoxy) is 1. The van der Waals surface area contributed by atoms with Crippen molar-refractivity contribution in [2.45, 2.75) is 52.2 Å². The normalized spacial score (nSPS) is 21.2. The van der Waals surface area contributed by atoms with E-state index in [1.807, 2.05) is 0 Å². The zero-order valence-electron chi connectivity index (χ0n) is 14.0. The van der Waals surface area contributed by atoms with E-state index in [1.54, 1.807) is 19.1 Å². The van der Waals surface area contributed by atoms with E-state index in [0.29, 0.717) is 18.1 Å². The maximum Gasteiger partial charge on any atom is 0.335 e. The highest BCUT2D eigenvalue weighted by Crippen LogP contribution is 2.20. The predicted molar refractivity (Wildman–Crippen MR) is 87.8 cm³/mol. The number of carbonyl (C=O) groups is 2. The van der Waals surface area contributed by atoms with E-state index in [2.05, 4.69) is 19.2 Å². The molecule has 23 heavy (non-hydrogen) atoms. The number of nitrogens with one attached hydrogen (secondary N) is 1. The summed E-state index contributed by atoms with van der Waals surface area (Å²) >= 11 is 0. The Hall–Kier alpha value is -1.88. The van der Waals surface area contributed by atoms with Gasteiger partial charge in [0, 0.05) is 18.2 Å². The number of carboxylic acid groups (broad SMARTS) is 1. The van der Waals surface area contributed by atoms with E-state index in [9.17, 15) is 9.59 Å². The lowest BCUT2D eigenvalue weighted by molar-refractivity contribution is -0.00847. The highest BCUT2D eigenvalue weighted by atomic mass is 16.5. The molecule has 1 aromatic carbocycles. The van der Waals surface area contributed by atoms with Gasteiger partial charge in [0.15, 0.2) is 0 Å². The molecule has 126 valence electrons. The Morgan fingerprint density at radius 1 is 1.30 bits per heavy atom. The summed E-state index contributed by atoms with van der Waals surface area (Å²) in [5, 5.41) is 12.1. The Morgan fingerprint density at radius 3 is 2.65 bits per heavy atom. The zero-order valence-corrected chi connectivity index (χ0v) is 14.0. The van der Waals surface area contributed by atoms with Gasteiger partial charge in [0.1, 0.15) is 0 Å². The van der Waals surface area contributed by atoms with Crippen molar-refractivity contribution < 1.29 is 19.4 Å². The van der Waals surface area contributed by atoms with Crippen LogP contribution in [0.3, 0.4) is 0 Å². The van der Waals surface area contributed by atoms with Crippen LogP contribution in [-0.4, -0.2) is 35.7 Å². The molecule has 2 unspecified atom stereocenters. The fourth-order valence-corrected chi connectivity index (χ4v) is 3.01. The molecule has 2 rings (SSSR count). The number of aromatic carboxylic acids is 1. The van der Waals surface area contributed by atoms with Gasteiger partial charge in [0.05, 0.1) is 11.7 Å². The molecule has 0 spiro atoms. The smallest absolute Gasteiger partial charge is 0.335 e. The second-order valence-corrected chi connectivity index (χ2v) is 6.71. The minimum absolute atomic E-state index is 0.0776. The SMILES string of the molecule is Cc1cc(C(=O)O)cc(C(=O)NC2CCOC(CC(C)C)C2)c1. The van der Waals surface area contributed by atoms with E-state index >= 15 is 0 Å². The third-order valence-corrected chi connectivity index (χ3v) is 4.02. The maximum absolute atomic E-state index is 12.4. The molecule has 1 amide bonds. The molecule has 1 aliphatic heterocycles. The van der Waals surface area contributed by atoms with E-state index in [0.717, 1.165) is 24.8 Å². The van der Waals surface area contributed by atoms with Gasteiger partial charge in [0.2, 0.25) is 0 Å². The van der Waals surface area contributed by atoms with Crippen LogP contribution < -0.4 is 5.32 Å². The largest absolute Gasteiger partial charge is 0.478 e. The molecular weight excluding hydrogens is 294 g/mol. The molecule has 0 bridgehead atoms. The second kappa shape index (κ2) is 7.59. The molecule has 1 saturated heterocycles. The maximum atomic E-state index is 12.4. The summed E-state index contributed by atoms with van der Waals surface area (Å²) in [6.45, 7) is 6.75. The van der Waals surface area contributed by atoms with Gasteiger partial charge in [-0.05, 0) is 55.9 Å². The van der Waals surface area contributed by atoms with Crippen LogP contribution in [0, 0.1) is 12.8 Å². The lowest BCUT2D eigenvalue weighted by atomic mass is 9.96. The molecule has 5 nitrogen and oxygen atoms in total. The van der Waals surface area contributed by atoms with Crippen LogP contribution >= 0.6 is 0 Å². The first-order valence-corrected chi connectivity index (χ1v) is 8.12. The Morgan fingerprint density at radius 2 is 2.00 bits per heavy atom. The van der Waals surface area contributed by atoms with Gasteiger partial charge in [-0.2, -0.15) is 0 Å². The van der Waals surface area contributed by atoms with Gasteiger partial charge >= 0.3 is 5.97 Å². The van der Waals surface area contributed by atoms with Crippen molar-refractivity contribution >= 4 is 11.9 Å². The summed E-state index contributed by atoms with van der Waals surface area (Å²) in [4.78, 5) is 23.5. The van der Waals surface area contributed by atoms with Gasteiger partial charge in [-0.25, -0.2) is 4.79 Å². The van der Waals surface area contributed by atoms with E-state index in [4.69, 9.17) is 9.84 Å². The Bertz CT molecular complexity index is 582. The summed E-state index contributed by atoms with van der Waals surface area (Å²) in [6, 6.07) is 4.78. The first-order valence-electron chi connectivity index (χ1n) is 8.12. The molecular formula is C18H25NO4. The Balaban J connectivity index is 2.02. The molecule has 0 aliphatic carbocycles. The van der Waals surface area contributed by atoms with Crippen molar-refractivity contribution in [1.82, 2.24) is 5.32 Å². The molecule has 1 heterocycles. The highest BCUT2D eigenvalue weighted by Gasteiger charge is 2.25. The first kappa shape index (κ1) is 17.5. The van der Waals surface area contributed by atoms with E-state index in [-0.39, 0.29) is 23.6 Å². The zero-order chi connectivity index (χ0) is 17.0. The van der Waals surface area contributed by atoms with Gasteiger partial charge < -0.3 is 15.2 Å². The minimum atomic E-state index is -1.02. The van der Waals surface area contributed by atoms with E-state index in [1.165, 1.54) is 6.07 Å². The first-order chi connectivity index (χ1) is 10.8. The Kier molecular flexibility index (Phi) is 5.77. The highest BCUT2D eigenvalue weighted by molar-refractivity contribution is 5.97. The summed E-state index contributed by atoms with van der Waals surface area (Å²) < 4.78 is 5.75. The average molecular weight is 319 g/mol. The number of benzene rings is 1. The molecule has 0 aromatic heterocycles. The molecule has 1 fully saturated rings. The van der Waals surface area contributed by atoms with Crippen LogP contribution in [-0.2, 0) is 4.74 Å². The lowest BCUT2D eigenvalue weighted by Gasteiger charge is -2.31. The summed E-state index contributed by atoms with van der Waals surface area (Å²) in [5.41, 5.74) is 1.30. The molecule has 2 N–H and O–H groups in total. The van der Waals surface area contributed by atoms with Gasteiger partial charge in [-0.15, -0.1) is 0 Å².